The van der Waals surface area contributed by atoms with Gasteiger partial charge < -0.3 is 27.7 Å². The van der Waals surface area contributed by atoms with Crippen LogP contribution in [0.25, 0.3) is 0 Å². The SMILES string of the molecule is O=S(=O)([O-])[O-].[Cl-].[Mg+2].[NH4+]. The van der Waals surface area contributed by atoms with Gasteiger partial charge in [-0.15, -0.1) is 0 Å². The van der Waals surface area contributed by atoms with Gasteiger partial charge in [0.2, 0.25) is 0 Å². The Labute approximate surface area is 69.6 Å². The smallest absolute Gasteiger partial charge is 1.00 e. The molecule has 0 amide bonds. The van der Waals surface area contributed by atoms with Gasteiger partial charge in [-0.25, -0.2) is 0 Å². The van der Waals surface area contributed by atoms with E-state index in [1.54, 1.807) is 0 Å². The Kier molecular flexibility index (Phi) is 22.8. The number of hydrogen-bond acceptors (Lipinski definition) is 4. The van der Waals surface area contributed by atoms with Gasteiger partial charge in [0.1, 0.15) is 0 Å². The first-order chi connectivity index (χ1) is 2.00. The molecule has 0 rings (SSSR count). The van der Waals surface area contributed by atoms with Crippen molar-refractivity contribution in [2.75, 3.05) is 0 Å². The maximum atomic E-state index is 8.52. The van der Waals surface area contributed by atoms with E-state index in [1.807, 2.05) is 0 Å². The van der Waals surface area contributed by atoms with E-state index in [0.29, 0.717) is 0 Å². The molecule has 5 nitrogen and oxygen atoms in total. The number of quaternary nitrogens is 1. The Hall–Kier alpha value is 0.886. The first-order valence-electron chi connectivity index (χ1n) is 0.667. The van der Waals surface area contributed by atoms with Crippen LogP contribution in [0.2, 0.25) is 0 Å². The summed E-state index contributed by atoms with van der Waals surface area (Å²) in [5, 5.41) is 0. The molecule has 0 fully saturated rings. The molecule has 8 heteroatoms. The molecular weight excluding hydrogens is 170 g/mol. The zero-order valence-corrected chi connectivity index (χ0v) is 7.11. The normalized spacial score (nSPS) is 7.25. The van der Waals surface area contributed by atoms with Crippen molar-refractivity contribution >= 4 is 33.5 Å². The monoisotopic (exact) mass is 173 g/mol. The average molecular weight is 174 g/mol. The van der Waals surface area contributed by atoms with Crippen LogP contribution in [-0.2, 0) is 10.4 Å². The third kappa shape index (κ3) is 304. The molecule has 0 aromatic rings. The largest absolute Gasteiger partial charge is 2.00 e. The van der Waals surface area contributed by atoms with Crippen molar-refractivity contribution in [1.82, 2.24) is 6.15 Å². The van der Waals surface area contributed by atoms with Crippen LogP contribution < -0.4 is 18.6 Å². The van der Waals surface area contributed by atoms with E-state index in [4.69, 9.17) is 17.5 Å². The summed E-state index contributed by atoms with van der Waals surface area (Å²) in [5.74, 6) is 0. The van der Waals surface area contributed by atoms with Crippen LogP contribution in [0.4, 0.5) is 0 Å². The molecule has 0 atom stereocenters. The first-order valence-corrected chi connectivity index (χ1v) is 2.00. The second-order valence-electron chi connectivity index (χ2n) is 0.408. The van der Waals surface area contributed by atoms with Gasteiger partial charge in [-0.3, -0.25) is 8.42 Å². The molecule has 0 radical (unpaired) electrons. The summed E-state index contributed by atoms with van der Waals surface area (Å²) in [6.45, 7) is 0. The maximum absolute atomic E-state index is 8.52. The summed E-state index contributed by atoms with van der Waals surface area (Å²) >= 11 is 0. The molecular formula is H4ClMgNO4S. The summed E-state index contributed by atoms with van der Waals surface area (Å²) < 4.78 is 34.1. The quantitative estimate of drug-likeness (QED) is 0.227. The molecule has 0 spiro atoms. The molecule has 0 aromatic heterocycles. The Morgan fingerprint density at radius 3 is 1.12 bits per heavy atom. The van der Waals surface area contributed by atoms with Crippen molar-refractivity contribution in [2.45, 2.75) is 0 Å². The van der Waals surface area contributed by atoms with Crippen molar-refractivity contribution in [2.24, 2.45) is 0 Å². The van der Waals surface area contributed by atoms with E-state index in [1.165, 1.54) is 0 Å². The molecule has 0 aliphatic heterocycles. The van der Waals surface area contributed by atoms with Crippen molar-refractivity contribution in [1.29, 1.82) is 0 Å². The Bertz CT molecular complexity index is 99.2. The zero-order valence-electron chi connectivity index (χ0n) is 4.13. The topological polar surface area (TPSA) is 117 Å². The van der Waals surface area contributed by atoms with E-state index < -0.39 is 10.4 Å². The van der Waals surface area contributed by atoms with E-state index in [0.717, 1.165) is 0 Å². The van der Waals surface area contributed by atoms with Crippen LogP contribution >= 0.6 is 0 Å². The molecule has 0 saturated carbocycles. The van der Waals surface area contributed by atoms with Crippen molar-refractivity contribution in [3.63, 3.8) is 0 Å². The van der Waals surface area contributed by atoms with Gasteiger partial charge >= 0.3 is 23.1 Å². The first kappa shape index (κ1) is 23.1. The van der Waals surface area contributed by atoms with Crippen LogP contribution in [-0.4, -0.2) is 40.6 Å². The molecule has 0 aromatic carbocycles. The minimum atomic E-state index is -5.17. The van der Waals surface area contributed by atoms with E-state index in [9.17, 15) is 0 Å². The molecule has 48 valence electrons. The summed E-state index contributed by atoms with van der Waals surface area (Å²) in [7, 11) is -5.17. The molecule has 0 saturated heterocycles. The fourth-order valence-electron chi connectivity index (χ4n) is 0. The molecule has 8 heavy (non-hydrogen) atoms. The van der Waals surface area contributed by atoms with Crippen LogP contribution in [0.3, 0.4) is 0 Å². The Balaban J connectivity index is -0.0000000267. The fraction of sp³-hybridized carbons (Fsp3) is 0. The van der Waals surface area contributed by atoms with Gasteiger partial charge in [0.15, 0.2) is 0 Å². The van der Waals surface area contributed by atoms with Crippen LogP contribution in [0.1, 0.15) is 0 Å². The van der Waals surface area contributed by atoms with Crippen LogP contribution in [0, 0.1) is 0 Å². The zero-order chi connectivity index (χ0) is 4.50. The van der Waals surface area contributed by atoms with Gasteiger partial charge in [0.25, 0.3) is 0 Å². The van der Waals surface area contributed by atoms with E-state index in [2.05, 4.69) is 0 Å². The fourth-order valence-corrected chi connectivity index (χ4v) is 0. The second-order valence-corrected chi connectivity index (χ2v) is 1.22. The number of halogens is 1. The van der Waals surface area contributed by atoms with Gasteiger partial charge in [-0.1, -0.05) is 0 Å². The summed E-state index contributed by atoms with van der Waals surface area (Å²) in [4.78, 5) is 0. The maximum Gasteiger partial charge on any atom is 2.00 e. The summed E-state index contributed by atoms with van der Waals surface area (Å²) in [6.07, 6.45) is 0. The molecule has 0 bridgehead atoms. The van der Waals surface area contributed by atoms with Gasteiger partial charge in [0, 0.05) is 10.4 Å². The molecule has 0 heterocycles. The Morgan fingerprint density at radius 2 is 1.12 bits per heavy atom. The average Bonchev–Trinajstić information content (AvgIpc) is 0.722. The predicted molar refractivity (Wildman–Crippen MR) is 22.2 cm³/mol. The minimum absolute atomic E-state index is 0. The van der Waals surface area contributed by atoms with Crippen molar-refractivity contribution < 1.29 is 29.9 Å². The van der Waals surface area contributed by atoms with Crippen LogP contribution in [0.15, 0.2) is 0 Å². The summed E-state index contributed by atoms with van der Waals surface area (Å²) in [5.41, 5.74) is 0. The standard InChI is InChI=1S/ClH.Mg.H3N.H2O4S/c;;;1-5(2,3)4/h1H;;1H3;(H2,1,2,3,4)/q;+2;;/p-2. The second kappa shape index (κ2) is 7.89. The van der Waals surface area contributed by atoms with Gasteiger partial charge in [-0.05, 0) is 0 Å². The number of hydrogen-bond donors (Lipinski definition) is 1. The van der Waals surface area contributed by atoms with Crippen LogP contribution in [0.5, 0.6) is 0 Å². The van der Waals surface area contributed by atoms with Gasteiger partial charge in [0.05, 0.1) is 0 Å². The minimum Gasteiger partial charge on any atom is -1.00 e. The summed E-state index contributed by atoms with van der Waals surface area (Å²) in [6, 6.07) is 0. The third-order valence-electron chi connectivity index (χ3n) is 0. The Morgan fingerprint density at radius 1 is 1.12 bits per heavy atom. The third-order valence-corrected chi connectivity index (χ3v) is 0. The number of rotatable bonds is 0. The molecule has 0 aliphatic carbocycles. The molecule has 0 unspecified atom stereocenters. The predicted octanol–water partition coefficient (Wildman–Crippen LogP) is -4.34. The van der Waals surface area contributed by atoms with E-state index >= 15 is 0 Å². The molecule has 4 N–H and O–H groups in total. The molecule has 0 aliphatic rings. The van der Waals surface area contributed by atoms with Gasteiger partial charge in [-0.2, -0.15) is 0 Å². The van der Waals surface area contributed by atoms with Crippen molar-refractivity contribution in [3.8, 4) is 0 Å². The van der Waals surface area contributed by atoms with Crippen molar-refractivity contribution in [3.05, 3.63) is 0 Å². The van der Waals surface area contributed by atoms with E-state index in [-0.39, 0.29) is 41.6 Å².